The van der Waals surface area contributed by atoms with Crippen molar-refractivity contribution in [3.05, 3.63) is 80.5 Å². The fourth-order valence-corrected chi connectivity index (χ4v) is 4.48. The topological polar surface area (TPSA) is 130 Å². The van der Waals surface area contributed by atoms with Crippen LogP contribution in [-0.2, 0) is 11.3 Å². The Morgan fingerprint density at radius 3 is 2.65 bits per heavy atom. The summed E-state index contributed by atoms with van der Waals surface area (Å²) in [5.41, 5.74) is 8.66. The third-order valence-electron chi connectivity index (χ3n) is 5.36. The number of nitrogen functional groups attached to an aromatic ring is 1. The molecule has 0 spiro atoms. The predicted molar refractivity (Wildman–Crippen MR) is 135 cm³/mol. The van der Waals surface area contributed by atoms with Crippen molar-refractivity contribution in [3.63, 3.8) is 0 Å². The van der Waals surface area contributed by atoms with Crippen molar-refractivity contribution in [2.75, 3.05) is 22.9 Å². The third-order valence-corrected chi connectivity index (χ3v) is 6.22. The smallest absolute Gasteiger partial charge is 0.330 e. The highest BCUT2D eigenvalue weighted by Crippen LogP contribution is 2.23. The number of anilines is 2. The van der Waals surface area contributed by atoms with Crippen LogP contribution in [0.2, 0.25) is 0 Å². The lowest BCUT2D eigenvalue weighted by atomic mass is 10.2. The molecular formula is C24H26N6O3S. The molecule has 2 aromatic heterocycles. The van der Waals surface area contributed by atoms with E-state index in [-0.39, 0.29) is 36.3 Å². The van der Waals surface area contributed by atoms with Crippen LogP contribution >= 0.6 is 11.8 Å². The van der Waals surface area contributed by atoms with Crippen LogP contribution in [0, 0.1) is 6.92 Å². The molecule has 0 aliphatic carbocycles. The van der Waals surface area contributed by atoms with Gasteiger partial charge < -0.3 is 15.6 Å². The van der Waals surface area contributed by atoms with E-state index < -0.39 is 11.2 Å². The zero-order valence-electron chi connectivity index (χ0n) is 19.0. The molecule has 4 aromatic rings. The first-order valence-corrected chi connectivity index (χ1v) is 11.9. The van der Waals surface area contributed by atoms with Crippen molar-refractivity contribution < 1.29 is 4.79 Å². The Hall–Kier alpha value is -3.79. The fourth-order valence-electron chi connectivity index (χ4n) is 3.72. The summed E-state index contributed by atoms with van der Waals surface area (Å²) in [6.07, 6.45) is 0.608. The molecule has 0 atom stereocenters. The van der Waals surface area contributed by atoms with Gasteiger partial charge in [-0.3, -0.25) is 19.1 Å². The molecule has 0 aliphatic rings. The van der Waals surface area contributed by atoms with Gasteiger partial charge in [-0.25, -0.2) is 9.78 Å². The minimum atomic E-state index is -0.683. The first-order chi connectivity index (χ1) is 16.4. The number of hydrogen-bond acceptors (Lipinski definition) is 6. The van der Waals surface area contributed by atoms with Crippen LogP contribution in [0.4, 0.5) is 11.5 Å². The van der Waals surface area contributed by atoms with Gasteiger partial charge in [0.2, 0.25) is 5.91 Å². The molecule has 0 fully saturated rings. The van der Waals surface area contributed by atoms with Crippen molar-refractivity contribution in [2.45, 2.75) is 32.0 Å². The van der Waals surface area contributed by atoms with Gasteiger partial charge >= 0.3 is 5.69 Å². The lowest BCUT2D eigenvalue weighted by Gasteiger charge is -2.24. The van der Waals surface area contributed by atoms with Crippen LogP contribution in [0.5, 0.6) is 0 Å². The Bertz CT molecular complexity index is 1440. The first kappa shape index (κ1) is 23.4. The molecule has 10 heteroatoms. The summed E-state index contributed by atoms with van der Waals surface area (Å²) in [6.45, 7) is 4.37. The average molecular weight is 479 g/mol. The minimum absolute atomic E-state index is 0.0109. The fraction of sp³-hybridized carbons (Fsp3) is 0.250. The molecule has 1 amide bonds. The second-order valence-corrected chi connectivity index (χ2v) is 8.93. The number of benzene rings is 2. The number of fused-ring (bicyclic) bond motifs is 1. The van der Waals surface area contributed by atoms with Crippen molar-refractivity contribution >= 4 is 40.2 Å². The highest BCUT2D eigenvalue weighted by atomic mass is 32.2. The van der Waals surface area contributed by atoms with Gasteiger partial charge in [0.15, 0.2) is 10.8 Å². The zero-order valence-corrected chi connectivity index (χ0v) is 19.8. The number of rotatable bonds is 8. The van der Waals surface area contributed by atoms with Crippen molar-refractivity contribution in [1.82, 2.24) is 19.5 Å². The van der Waals surface area contributed by atoms with E-state index in [0.717, 1.165) is 22.2 Å². The van der Waals surface area contributed by atoms with Gasteiger partial charge in [0.05, 0.1) is 23.3 Å². The zero-order chi connectivity index (χ0) is 24.2. The summed E-state index contributed by atoms with van der Waals surface area (Å²) in [6, 6.07) is 15.2. The Kier molecular flexibility index (Phi) is 6.87. The number of imidazole rings is 1. The quantitative estimate of drug-likeness (QED) is 0.334. The number of H-pyrrole nitrogens is 2. The lowest BCUT2D eigenvalue weighted by molar-refractivity contribution is -0.116. The van der Waals surface area contributed by atoms with Gasteiger partial charge in [-0.1, -0.05) is 55.1 Å². The number of carbonyl (C=O) groups is 1. The number of nitrogens with one attached hydrogen (secondary N) is 2. The van der Waals surface area contributed by atoms with E-state index >= 15 is 0 Å². The summed E-state index contributed by atoms with van der Waals surface area (Å²) >= 11 is 1.25. The highest BCUT2D eigenvalue weighted by Gasteiger charge is 2.24. The predicted octanol–water partition coefficient (Wildman–Crippen LogP) is 2.89. The van der Waals surface area contributed by atoms with E-state index in [1.165, 1.54) is 21.2 Å². The SMILES string of the molecule is CCCN(C(=O)CSc1nc2ccc(C)cc2[nH]1)c1c(N)n(Cc2ccccc2)c(=O)[nH]c1=O. The summed E-state index contributed by atoms with van der Waals surface area (Å²) in [7, 11) is 0. The van der Waals surface area contributed by atoms with Gasteiger partial charge in [-0.2, -0.15) is 0 Å². The van der Waals surface area contributed by atoms with Crippen LogP contribution in [0.15, 0.2) is 63.3 Å². The molecule has 0 unspecified atom stereocenters. The van der Waals surface area contributed by atoms with E-state index in [0.29, 0.717) is 11.6 Å². The Morgan fingerprint density at radius 2 is 1.91 bits per heavy atom. The van der Waals surface area contributed by atoms with Crippen LogP contribution < -0.4 is 21.9 Å². The molecule has 0 radical (unpaired) electrons. The maximum atomic E-state index is 13.2. The van der Waals surface area contributed by atoms with Crippen LogP contribution in [0.1, 0.15) is 24.5 Å². The second-order valence-electron chi connectivity index (χ2n) is 7.96. The number of aromatic amines is 2. The van der Waals surface area contributed by atoms with Crippen molar-refractivity contribution in [3.8, 4) is 0 Å². The Balaban J connectivity index is 1.61. The lowest BCUT2D eigenvalue weighted by Crippen LogP contribution is -2.42. The van der Waals surface area contributed by atoms with E-state index in [4.69, 9.17) is 5.73 Å². The molecule has 0 bridgehead atoms. The number of nitrogens with two attached hydrogens (primary N) is 1. The minimum Gasteiger partial charge on any atom is -0.383 e. The van der Waals surface area contributed by atoms with Crippen LogP contribution in [0.3, 0.4) is 0 Å². The van der Waals surface area contributed by atoms with E-state index in [9.17, 15) is 14.4 Å². The first-order valence-electron chi connectivity index (χ1n) is 10.9. The van der Waals surface area contributed by atoms with Gasteiger partial charge in [0.25, 0.3) is 5.56 Å². The maximum absolute atomic E-state index is 13.2. The molecule has 176 valence electrons. The third kappa shape index (κ3) is 4.91. The van der Waals surface area contributed by atoms with Crippen LogP contribution in [-0.4, -0.2) is 37.7 Å². The average Bonchev–Trinajstić information content (AvgIpc) is 3.22. The van der Waals surface area contributed by atoms with E-state index in [1.807, 2.05) is 62.4 Å². The number of aryl methyl sites for hydroxylation is 1. The molecule has 2 aromatic carbocycles. The number of carbonyl (C=O) groups excluding carboxylic acids is 1. The van der Waals surface area contributed by atoms with Gasteiger partial charge in [-0.15, -0.1) is 0 Å². The number of hydrogen-bond donors (Lipinski definition) is 3. The van der Waals surface area contributed by atoms with E-state index in [2.05, 4.69) is 15.0 Å². The Morgan fingerprint density at radius 1 is 1.15 bits per heavy atom. The standard InChI is InChI=1S/C24H26N6O3S/c1-3-11-29(19(31)14-34-23-26-17-10-9-15(2)12-18(17)27-23)20-21(25)30(24(33)28-22(20)32)13-16-7-5-4-6-8-16/h4-10,12H,3,11,13-14,25H2,1-2H3,(H,26,27)(H,28,32,33). The number of amides is 1. The van der Waals surface area contributed by atoms with Gasteiger partial charge in [0, 0.05) is 6.54 Å². The number of thioether (sulfide) groups is 1. The molecule has 0 saturated heterocycles. The molecule has 4 N–H and O–H groups in total. The van der Waals surface area contributed by atoms with Gasteiger partial charge in [-0.05, 0) is 36.6 Å². The molecular weight excluding hydrogens is 452 g/mol. The molecule has 4 rings (SSSR count). The number of nitrogens with zero attached hydrogens (tertiary/aromatic N) is 3. The maximum Gasteiger partial charge on any atom is 0.330 e. The highest BCUT2D eigenvalue weighted by molar-refractivity contribution is 7.99. The summed E-state index contributed by atoms with van der Waals surface area (Å²) in [5, 5.41) is 0.612. The van der Waals surface area contributed by atoms with Gasteiger partial charge in [0.1, 0.15) is 5.82 Å². The molecule has 2 heterocycles. The normalized spacial score (nSPS) is 11.1. The summed E-state index contributed by atoms with van der Waals surface area (Å²) in [4.78, 5) is 49.8. The largest absolute Gasteiger partial charge is 0.383 e. The van der Waals surface area contributed by atoms with Crippen molar-refractivity contribution in [1.29, 1.82) is 0 Å². The summed E-state index contributed by atoms with van der Waals surface area (Å²) in [5.74, 6) is -0.288. The summed E-state index contributed by atoms with van der Waals surface area (Å²) < 4.78 is 1.27. The molecule has 0 saturated carbocycles. The number of aromatic nitrogens is 4. The van der Waals surface area contributed by atoms with Crippen molar-refractivity contribution in [2.24, 2.45) is 0 Å². The molecule has 34 heavy (non-hydrogen) atoms. The second kappa shape index (κ2) is 10.0. The molecule has 0 aliphatic heterocycles. The van der Waals surface area contributed by atoms with Crippen LogP contribution in [0.25, 0.3) is 11.0 Å². The Labute approximate surface area is 200 Å². The molecule has 9 nitrogen and oxygen atoms in total. The van der Waals surface area contributed by atoms with E-state index in [1.54, 1.807) is 0 Å². The monoisotopic (exact) mass is 478 g/mol.